The molecule has 4 N–H and O–H groups in total. The van der Waals surface area contributed by atoms with E-state index in [-0.39, 0.29) is 36.6 Å². The molecule has 0 radical (unpaired) electrons. The molecule has 4 atom stereocenters. The summed E-state index contributed by atoms with van der Waals surface area (Å²) in [5.74, 6) is -0.281. The lowest BCUT2D eigenvalue weighted by atomic mass is 9.88. The van der Waals surface area contributed by atoms with Crippen LogP contribution in [0.4, 0.5) is 0 Å². The highest BCUT2D eigenvalue weighted by atomic mass is 16.3. The first-order chi connectivity index (χ1) is 13.5. The second-order valence-corrected chi connectivity index (χ2v) is 7.90. The topological polar surface area (TPSA) is 107 Å². The van der Waals surface area contributed by atoms with Crippen molar-refractivity contribution in [2.45, 2.75) is 89.8 Å². The smallest absolute Gasteiger partial charge is 0.220 e. The van der Waals surface area contributed by atoms with Crippen molar-refractivity contribution in [2.24, 2.45) is 11.8 Å². The van der Waals surface area contributed by atoms with Crippen molar-refractivity contribution in [3.8, 4) is 0 Å². The third-order valence-corrected chi connectivity index (χ3v) is 5.49. The minimum absolute atomic E-state index is 0.0363. The predicted octanol–water partition coefficient (Wildman–Crippen LogP) is 2.50. The van der Waals surface area contributed by atoms with Crippen LogP contribution >= 0.6 is 0 Å². The van der Waals surface area contributed by atoms with E-state index in [1.54, 1.807) is 6.08 Å². The number of rotatable bonds is 15. The van der Waals surface area contributed by atoms with E-state index < -0.39 is 12.2 Å². The van der Waals surface area contributed by atoms with Crippen molar-refractivity contribution in [1.82, 2.24) is 5.32 Å². The first kappa shape index (κ1) is 24.8. The van der Waals surface area contributed by atoms with Crippen molar-refractivity contribution < 1.29 is 24.9 Å². The number of aliphatic hydroxyl groups excluding tert-OH is 3. The standard InChI is InChI=1S/C22H39NO5/c1-2-3-6-9-17(25)12-13-19-18(20(26)16-21(19)27)10-7-4-5-8-11-22(28)23-14-15-24/h12-13,17-19,21,24-25,27H,2-11,14-16H2,1H3,(H,23,28)/b13-12+/t17-,18-,19+,21-/m0/s1. The Labute approximate surface area is 169 Å². The summed E-state index contributed by atoms with van der Waals surface area (Å²) in [7, 11) is 0. The van der Waals surface area contributed by atoms with E-state index in [1.807, 2.05) is 6.08 Å². The fraction of sp³-hybridized carbons (Fsp3) is 0.818. The summed E-state index contributed by atoms with van der Waals surface area (Å²) in [6.45, 7) is 2.38. The Hall–Kier alpha value is -1.24. The summed E-state index contributed by atoms with van der Waals surface area (Å²) < 4.78 is 0. The van der Waals surface area contributed by atoms with Crippen LogP contribution in [0.1, 0.15) is 77.6 Å². The average Bonchev–Trinajstić information content (AvgIpc) is 2.94. The summed E-state index contributed by atoms with van der Waals surface area (Å²) in [6.07, 6.45) is 11.3. The van der Waals surface area contributed by atoms with E-state index in [9.17, 15) is 19.8 Å². The lowest BCUT2D eigenvalue weighted by Crippen LogP contribution is -2.25. The van der Waals surface area contributed by atoms with Crippen LogP contribution in [0.5, 0.6) is 0 Å². The number of carbonyl (C=O) groups excluding carboxylic acids is 2. The molecule has 1 saturated carbocycles. The fourth-order valence-corrected chi connectivity index (χ4v) is 3.84. The number of ketones is 1. The van der Waals surface area contributed by atoms with E-state index in [0.29, 0.717) is 13.0 Å². The summed E-state index contributed by atoms with van der Waals surface area (Å²) in [6, 6.07) is 0. The molecule has 28 heavy (non-hydrogen) atoms. The van der Waals surface area contributed by atoms with Gasteiger partial charge < -0.3 is 20.6 Å². The lowest BCUT2D eigenvalue weighted by Gasteiger charge is -2.18. The Morgan fingerprint density at radius 3 is 2.68 bits per heavy atom. The zero-order valence-electron chi connectivity index (χ0n) is 17.3. The van der Waals surface area contributed by atoms with E-state index in [1.165, 1.54) is 0 Å². The molecule has 0 aromatic heterocycles. The molecule has 6 heteroatoms. The van der Waals surface area contributed by atoms with Crippen molar-refractivity contribution in [3.63, 3.8) is 0 Å². The molecular weight excluding hydrogens is 358 g/mol. The number of carbonyl (C=O) groups is 2. The monoisotopic (exact) mass is 397 g/mol. The van der Waals surface area contributed by atoms with Gasteiger partial charge in [-0.3, -0.25) is 9.59 Å². The zero-order chi connectivity index (χ0) is 20.8. The molecule has 1 rings (SSSR count). The number of Topliss-reactive ketones (excluding diaryl/α,β-unsaturated/α-hetero) is 1. The van der Waals surface area contributed by atoms with Crippen LogP contribution in [-0.4, -0.2) is 52.4 Å². The van der Waals surface area contributed by atoms with Gasteiger partial charge in [0.1, 0.15) is 5.78 Å². The van der Waals surface area contributed by atoms with Gasteiger partial charge in [0.25, 0.3) is 0 Å². The lowest BCUT2D eigenvalue weighted by molar-refractivity contribution is -0.122. The van der Waals surface area contributed by atoms with Gasteiger partial charge in [0.05, 0.1) is 18.8 Å². The minimum atomic E-state index is -0.646. The van der Waals surface area contributed by atoms with Crippen molar-refractivity contribution in [1.29, 1.82) is 0 Å². The van der Waals surface area contributed by atoms with Gasteiger partial charge in [0, 0.05) is 31.2 Å². The van der Waals surface area contributed by atoms with Gasteiger partial charge in [-0.15, -0.1) is 0 Å². The van der Waals surface area contributed by atoms with Gasteiger partial charge in [-0.25, -0.2) is 0 Å². The highest BCUT2D eigenvalue weighted by Gasteiger charge is 2.39. The number of nitrogens with one attached hydrogen (secondary N) is 1. The molecule has 0 aromatic rings. The van der Waals surface area contributed by atoms with Gasteiger partial charge in [-0.1, -0.05) is 57.6 Å². The average molecular weight is 398 g/mol. The number of hydrogen-bond acceptors (Lipinski definition) is 5. The highest BCUT2D eigenvalue weighted by Crippen LogP contribution is 2.34. The summed E-state index contributed by atoms with van der Waals surface area (Å²) >= 11 is 0. The molecular formula is C22H39NO5. The Bertz CT molecular complexity index is 480. The number of hydrogen-bond donors (Lipinski definition) is 4. The van der Waals surface area contributed by atoms with Gasteiger partial charge in [-0.05, 0) is 19.3 Å². The summed E-state index contributed by atoms with van der Waals surface area (Å²) in [4.78, 5) is 23.7. The van der Waals surface area contributed by atoms with Crippen LogP contribution < -0.4 is 5.32 Å². The van der Waals surface area contributed by atoms with Crippen LogP contribution in [0.2, 0.25) is 0 Å². The number of amides is 1. The maximum atomic E-state index is 12.2. The van der Waals surface area contributed by atoms with Crippen LogP contribution in [0.15, 0.2) is 12.2 Å². The molecule has 1 aliphatic rings. The molecule has 6 nitrogen and oxygen atoms in total. The van der Waals surface area contributed by atoms with E-state index in [0.717, 1.165) is 57.8 Å². The molecule has 1 aliphatic carbocycles. The number of unbranched alkanes of at least 4 members (excludes halogenated alkanes) is 5. The molecule has 0 unspecified atom stereocenters. The molecule has 1 amide bonds. The molecule has 0 bridgehead atoms. The van der Waals surface area contributed by atoms with Crippen LogP contribution in [0.25, 0.3) is 0 Å². The van der Waals surface area contributed by atoms with Gasteiger partial charge in [0.15, 0.2) is 0 Å². The quantitative estimate of drug-likeness (QED) is 0.251. The number of aliphatic hydroxyl groups is 3. The molecule has 0 aliphatic heterocycles. The maximum absolute atomic E-state index is 12.2. The van der Waals surface area contributed by atoms with Gasteiger partial charge in [0.2, 0.25) is 5.91 Å². The normalized spacial score (nSPS) is 23.4. The van der Waals surface area contributed by atoms with E-state index >= 15 is 0 Å². The van der Waals surface area contributed by atoms with Crippen LogP contribution in [0.3, 0.4) is 0 Å². The second-order valence-electron chi connectivity index (χ2n) is 7.90. The predicted molar refractivity (Wildman–Crippen MR) is 110 cm³/mol. The van der Waals surface area contributed by atoms with E-state index in [4.69, 9.17) is 5.11 Å². The Morgan fingerprint density at radius 1 is 1.21 bits per heavy atom. The second kappa shape index (κ2) is 14.7. The molecule has 0 spiro atoms. The molecule has 0 saturated heterocycles. The summed E-state index contributed by atoms with van der Waals surface area (Å²) in [5, 5.41) is 31.6. The zero-order valence-corrected chi connectivity index (χ0v) is 17.3. The molecule has 0 aromatic carbocycles. The fourth-order valence-electron chi connectivity index (χ4n) is 3.84. The Morgan fingerprint density at radius 2 is 1.96 bits per heavy atom. The summed E-state index contributed by atoms with van der Waals surface area (Å²) in [5.41, 5.74) is 0. The molecule has 0 heterocycles. The Kier molecular flexibility index (Phi) is 13.0. The third-order valence-electron chi connectivity index (χ3n) is 5.49. The van der Waals surface area contributed by atoms with Gasteiger partial charge >= 0.3 is 0 Å². The first-order valence-corrected chi connectivity index (χ1v) is 10.9. The highest BCUT2D eigenvalue weighted by molar-refractivity contribution is 5.84. The van der Waals surface area contributed by atoms with Crippen molar-refractivity contribution >= 4 is 11.7 Å². The van der Waals surface area contributed by atoms with Crippen LogP contribution in [0, 0.1) is 11.8 Å². The SMILES string of the molecule is CCCCC[C@H](O)/C=C/[C@@H]1[C@H](CCCCCCC(=O)NCCO)C(=O)C[C@@H]1O. The largest absolute Gasteiger partial charge is 0.395 e. The molecule has 1 fully saturated rings. The van der Waals surface area contributed by atoms with E-state index in [2.05, 4.69) is 12.2 Å². The van der Waals surface area contributed by atoms with Crippen molar-refractivity contribution in [2.75, 3.05) is 13.2 Å². The third kappa shape index (κ3) is 9.80. The molecule has 162 valence electrons. The first-order valence-electron chi connectivity index (χ1n) is 10.9. The van der Waals surface area contributed by atoms with Gasteiger partial charge in [-0.2, -0.15) is 0 Å². The minimum Gasteiger partial charge on any atom is -0.395 e. The van der Waals surface area contributed by atoms with Crippen LogP contribution in [-0.2, 0) is 9.59 Å². The maximum Gasteiger partial charge on any atom is 0.220 e. The van der Waals surface area contributed by atoms with Crippen molar-refractivity contribution in [3.05, 3.63) is 12.2 Å². The Balaban J connectivity index is 2.31.